The molecule has 0 radical (unpaired) electrons. The lowest BCUT2D eigenvalue weighted by Crippen LogP contribution is -2.57. The van der Waals surface area contributed by atoms with Crippen molar-refractivity contribution in [2.45, 2.75) is 50.7 Å². The molecule has 2 unspecified atom stereocenters. The highest BCUT2D eigenvalue weighted by Gasteiger charge is 2.48. The Morgan fingerprint density at radius 1 is 1.21 bits per heavy atom. The minimum atomic E-state index is -0.286. The van der Waals surface area contributed by atoms with Crippen molar-refractivity contribution in [1.82, 2.24) is 5.32 Å². The number of rotatable bonds is 3. The molecule has 19 heavy (non-hydrogen) atoms. The first-order valence-corrected chi connectivity index (χ1v) is 7.41. The quantitative estimate of drug-likeness (QED) is 0.849. The molecule has 1 aliphatic carbocycles. The van der Waals surface area contributed by atoms with E-state index in [0.29, 0.717) is 6.61 Å². The fourth-order valence-corrected chi connectivity index (χ4v) is 3.43. The second-order valence-corrected chi connectivity index (χ2v) is 5.94. The highest BCUT2D eigenvalue weighted by atomic mass is 16.6. The summed E-state index contributed by atoms with van der Waals surface area (Å²) in [6.07, 6.45) is 6.27. The summed E-state index contributed by atoms with van der Waals surface area (Å²) in [4.78, 5) is 11.8. The van der Waals surface area contributed by atoms with Gasteiger partial charge in [-0.25, -0.2) is 4.79 Å². The standard InChI is InChI=1S/C14H23NO4/c16-13(19-10-11-2-1-7-18-11)15-12-3-4-14(12)5-8-17-9-6-14/h11-12H,1-10H2,(H,15,16). The number of hydrogen-bond donors (Lipinski definition) is 1. The van der Waals surface area contributed by atoms with E-state index < -0.39 is 0 Å². The van der Waals surface area contributed by atoms with E-state index in [-0.39, 0.29) is 23.7 Å². The molecule has 5 heteroatoms. The zero-order valence-electron chi connectivity index (χ0n) is 11.4. The Hall–Kier alpha value is -0.810. The lowest BCUT2D eigenvalue weighted by molar-refractivity contribution is -0.0547. The van der Waals surface area contributed by atoms with Crippen LogP contribution in [0.3, 0.4) is 0 Å². The van der Waals surface area contributed by atoms with Crippen molar-refractivity contribution in [3.63, 3.8) is 0 Å². The van der Waals surface area contributed by atoms with E-state index in [4.69, 9.17) is 14.2 Å². The molecule has 3 fully saturated rings. The number of hydrogen-bond acceptors (Lipinski definition) is 4. The van der Waals surface area contributed by atoms with Gasteiger partial charge in [-0.3, -0.25) is 0 Å². The fraction of sp³-hybridized carbons (Fsp3) is 0.929. The van der Waals surface area contributed by atoms with E-state index in [2.05, 4.69) is 5.32 Å². The van der Waals surface area contributed by atoms with E-state index in [9.17, 15) is 4.79 Å². The van der Waals surface area contributed by atoms with E-state index in [1.807, 2.05) is 0 Å². The summed E-state index contributed by atoms with van der Waals surface area (Å²) in [6, 6.07) is 0.272. The first-order valence-electron chi connectivity index (χ1n) is 7.41. The van der Waals surface area contributed by atoms with E-state index in [0.717, 1.165) is 51.9 Å². The van der Waals surface area contributed by atoms with Crippen molar-refractivity contribution in [1.29, 1.82) is 0 Å². The summed E-state index contributed by atoms with van der Waals surface area (Å²) in [6.45, 7) is 2.82. The van der Waals surface area contributed by atoms with Crippen LogP contribution in [0.15, 0.2) is 0 Å². The van der Waals surface area contributed by atoms with Crippen molar-refractivity contribution in [2.75, 3.05) is 26.4 Å². The molecule has 2 aliphatic heterocycles. The molecule has 2 saturated heterocycles. The maximum absolute atomic E-state index is 11.8. The highest BCUT2D eigenvalue weighted by Crippen LogP contribution is 2.48. The monoisotopic (exact) mass is 269 g/mol. The van der Waals surface area contributed by atoms with Gasteiger partial charge >= 0.3 is 6.09 Å². The summed E-state index contributed by atoms with van der Waals surface area (Å²) >= 11 is 0. The van der Waals surface area contributed by atoms with Crippen LogP contribution in [0.5, 0.6) is 0 Å². The predicted octanol–water partition coefficient (Wildman–Crippen LogP) is 1.85. The topological polar surface area (TPSA) is 56.8 Å². The van der Waals surface area contributed by atoms with Crippen molar-refractivity contribution in [2.24, 2.45) is 5.41 Å². The van der Waals surface area contributed by atoms with Crippen molar-refractivity contribution < 1.29 is 19.0 Å². The number of carbonyl (C=O) groups excluding carboxylic acids is 1. The highest BCUT2D eigenvalue weighted by molar-refractivity contribution is 5.68. The molecular formula is C14H23NO4. The summed E-state index contributed by atoms with van der Waals surface area (Å²) < 4.78 is 16.1. The molecule has 2 heterocycles. The third-order valence-corrected chi connectivity index (χ3v) is 4.88. The van der Waals surface area contributed by atoms with Crippen LogP contribution in [-0.4, -0.2) is 44.7 Å². The summed E-state index contributed by atoms with van der Waals surface area (Å²) in [5.74, 6) is 0. The molecule has 1 spiro atoms. The third-order valence-electron chi connectivity index (χ3n) is 4.88. The average molecular weight is 269 g/mol. The van der Waals surface area contributed by atoms with Crippen LogP contribution >= 0.6 is 0 Å². The Labute approximate surface area is 114 Å². The predicted molar refractivity (Wildman–Crippen MR) is 69.0 cm³/mol. The molecule has 108 valence electrons. The van der Waals surface area contributed by atoms with Gasteiger partial charge in [-0.15, -0.1) is 0 Å². The van der Waals surface area contributed by atoms with Gasteiger partial charge in [0.15, 0.2) is 0 Å². The van der Waals surface area contributed by atoms with Crippen molar-refractivity contribution in [3.8, 4) is 0 Å². The van der Waals surface area contributed by atoms with Gasteiger partial charge in [-0.2, -0.15) is 0 Å². The van der Waals surface area contributed by atoms with Crippen LogP contribution in [0.25, 0.3) is 0 Å². The average Bonchev–Trinajstić information content (AvgIpc) is 2.95. The van der Waals surface area contributed by atoms with Crippen LogP contribution in [0.1, 0.15) is 38.5 Å². The van der Waals surface area contributed by atoms with Crippen LogP contribution in [0, 0.1) is 5.41 Å². The van der Waals surface area contributed by atoms with Gasteiger partial charge in [0, 0.05) is 25.9 Å². The maximum atomic E-state index is 11.8. The van der Waals surface area contributed by atoms with Gasteiger partial charge in [-0.1, -0.05) is 0 Å². The summed E-state index contributed by atoms with van der Waals surface area (Å²) in [5.41, 5.74) is 0.279. The number of ether oxygens (including phenoxy) is 3. The third kappa shape index (κ3) is 2.87. The summed E-state index contributed by atoms with van der Waals surface area (Å²) in [7, 11) is 0. The molecule has 1 amide bonds. The minimum absolute atomic E-state index is 0.101. The molecule has 0 aromatic rings. The lowest BCUT2D eigenvalue weighted by Gasteiger charge is -2.51. The molecule has 0 aromatic carbocycles. The molecule has 1 N–H and O–H groups in total. The van der Waals surface area contributed by atoms with Gasteiger partial charge in [0.05, 0.1) is 6.10 Å². The second kappa shape index (κ2) is 5.67. The molecule has 1 saturated carbocycles. The molecule has 0 aromatic heterocycles. The number of nitrogens with one attached hydrogen (secondary N) is 1. The fourth-order valence-electron chi connectivity index (χ4n) is 3.43. The van der Waals surface area contributed by atoms with Gasteiger partial charge in [0.2, 0.25) is 0 Å². The first-order chi connectivity index (χ1) is 9.28. The Kier molecular flexibility index (Phi) is 3.93. The summed E-state index contributed by atoms with van der Waals surface area (Å²) in [5, 5.41) is 3.03. The van der Waals surface area contributed by atoms with Gasteiger partial charge in [0.1, 0.15) is 6.61 Å². The number of alkyl carbamates (subject to hydrolysis) is 1. The van der Waals surface area contributed by atoms with Crippen molar-refractivity contribution >= 4 is 6.09 Å². The van der Waals surface area contributed by atoms with Crippen molar-refractivity contribution in [3.05, 3.63) is 0 Å². The minimum Gasteiger partial charge on any atom is -0.447 e. The molecule has 3 aliphatic rings. The van der Waals surface area contributed by atoms with Crippen LogP contribution < -0.4 is 5.32 Å². The van der Waals surface area contributed by atoms with E-state index in [1.54, 1.807) is 0 Å². The smallest absolute Gasteiger partial charge is 0.407 e. The Morgan fingerprint density at radius 3 is 2.68 bits per heavy atom. The maximum Gasteiger partial charge on any atom is 0.407 e. The molecule has 2 atom stereocenters. The molecular weight excluding hydrogens is 246 g/mol. The normalized spacial score (nSPS) is 32.8. The Bertz CT molecular complexity index is 321. The lowest BCUT2D eigenvalue weighted by atomic mass is 9.60. The molecule has 5 nitrogen and oxygen atoms in total. The number of carbonyl (C=O) groups is 1. The number of amides is 1. The van der Waals surface area contributed by atoms with E-state index in [1.165, 1.54) is 6.42 Å². The first kappa shape index (κ1) is 13.2. The Balaban J connectivity index is 1.41. The van der Waals surface area contributed by atoms with Crippen LogP contribution in [-0.2, 0) is 14.2 Å². The molecule has 3 rings (SSSR count). The Morgan fingerprint density at radius 2 is 2.05 bits per heavy atom. The van der Waals surface area contributed by atoms with Gasteiger partial charge in [0.25, 0.3) is 0 Å². The zero-order chi connectivity index (χ0) is 13.1. The van der Waals surface area contributed by atoms with Crippen LogP contribution in [0.4, 0.5) is 4.79 Å². The molecule has 0 bridgehead atoms. The SMILES string of the molecule is O=C(NC1CCC12CCOCC2)OCC1CCCO1. The van der Waals surface area contributed by atoms with Gasteiger partial charge in [-0.05, 0) is 43.9 Å². The largest absolute Gasteiger partial charge is 0.447 e. The van der Waals surface area contributed by atoms with Crippen LogP contribution in [0.2, 0.25) is 0 Å². The van der Waals surface area contributed by atoms with Gasteiger partial charge < -0.3 is 19.5 Å². The zero-order valence-corrected chi connectivity index (χ0v) is 11.4. The second-order valence-electron chi connectivity index (χ2n) is 5.94. The van der Waals surface area contributed by atoms with E-state index >= 15 is 0 Å².